The average molecular weight is 164 g/mol. The van der Waals surface area contributed by atoms with E-state index in [-0.39, 0.29) is 6.10 Å². The quantitative estimate of drug-likeness (QED) is 0.682. The summed E-state index contributed by atoms with van der Waals surface area (Å²) in [7, 11) is 0. The van der Waals surface area contributed by atoms with Gasteiger partial charge in [0.05, 0.1) is 11.4 Å². The van der Waals surface area contributed by atoms with Crippen LogP contribution in [0.3, 0.4) is 0 Å². The van der Waals surface area contributed by atoms with Gasteiger partial charge in [0.25, 0.3) is 0 Å². The molecule has 2 rings (SSSR count). The number of pyridine rings is 1. The zero-order chi connectivity index (χ0) is 8.55. The molecule has 12 heavy (non-hydrogen) atoms. The highest BCUT2D eigenvalue weighted by molar-refractivity contribution is 5.55. The standard InChI is InChI=1S/C9H12N2O/c1-2-6-5-8-9(12-6)7(10)3-4-11-8/h3-4,6H,2,5H2,1H3,(H2,10,11). The molecule has 0 bridgehead atoms. The van der Waals surface area contributed by atoms with Crippen molar-refractivity contribution < 1.29 is 4.74 Å². The van der Waals surface area contributed by atoms with E-state index in [4.69, 9.17) is 10.5 Å². The Morgan fingerprint density at radius 1 is 1.75 bits per heavy atom. The SMILES string of the molecule is CCC1Cc2nccc(N)c2O1. The second kappa shape index (κ2) is 2.66. The van der Waals surface area contributed by atoms with Crippen LogP contribution in [0.15, 0.2) is 12.3 Å². The summed E-state index contributed by atoms with van der Waals surface area (Å²) < 4.78 is 5.60. The first-order valence-corrected chi connectivity index (χ1v) is 4.21. The minimum Gasteiger partial charge on any atom is -0.486 e. The molecule has 1 atom stereocenters. The number of rotatable bonds is 1. The third kappa shape index (κ3) is 1.02. The van der Waals surface area contributed by atoms with E-state index in [1.807, 2.05) is 0 Å². The molecule has 0 amide bonds. The smallest absolute Gasteiger partial charge is 0.164 e. The van der Waals surface area contributed by atoms with Crippen LogP contribution in [0.4, 0.5) is 5.69 Å². The Kier molecular flexibility index (Phi) is 1.64. The maximum Gasteiger partial charge on any atom is 0.164 e. The Morgan fingerprint density at radius 2 is 2.58 bits per heavy atom. The predicted octanol–water partition coefficient (Wildman–Crippen LogP) is 1.38. The van der Waals surface area contributed by atoms with Crippen molar-refractivity contribution in [2.45, 2.75) is 25.9 Å². The average Bonchev–Trinajstić information content (AvgIpc) is 2.49. The molecule has 0 saturated heterocycles. The summed E-state index contributed by atoms with van der Waals surface area (Å²) in [6.07, 6.45) is 3.92. The molecule has 0 fully saturated rings. The first-order valence-electron chi connectivity index (χ1n) is 4.21. The van der Waals surface area contributed by atoms with Gasteiger partial charge in [0.2, 0.25) is 0 Å². The second-order valence-corrected chi connectivity index (χ2v) is 3.03. The fourth-order valence-electron chi connectivity index (χ4n) is 1.44. The highest BCUT2D eigenvalue weighted by Crippen LogP contribution is 2.33. The van der Waals surface area contributed by atoms with E-state index in [9.17, 15) is 0 Å². The molecular formula is C9H12N2O. The third-order valence-electron chi connectivity index (χ3n) is 2.17. The van der Waals surface area contributed by atoms with E-state index in [1.165, 1.54) is 0 Å². The number of hydrogen-bond acceptors (Lipinski definition) is 3. The summed E-state index contributed by atoms with van der Waals surface area (Å²) >= 11 is 0. The molecule has 64 valence electrons. The van der Waals surface area contributed by atoms with Crippen molar-refractivity contribution in [1.29, 1.82) is 0 Å². The first kappa shape index (κ1) is 7.40. The van der Waals surface area contributed by atoms with E-state index in [0.29, 0.717) is 5.69 Å². The molecule has 1 aliphatic heterocycles. The van der Waals surface area contributed by atoms with E-state index >= 15 is 0 Å². The Bertz CT molecular complexity index is 299. The van der Waals surface area contributed by atoms with E-state index in [2.05, 4.69) is 11.9 Å². The number of anilines is 1. The maximum atomic E-state index is 5.72. The van der Waals surface area contributed by atoms with Crippen molar-refractivity contribution in [3.8, 4) is 5.75 Å². The number of nitrogens with two attached hydrogens (primary N) is 1. The molecule has 0 spiro atoms. The summed E-state index contributed by atoms with van der Waals surface area (Å²) in [5.74, 6) is 0.796. The summed E-state index contributed by atoms with van der Waals surface area (Å²) in [4.78, 5) is 4.21. The summed E-state index contributed by atoms with van der Waals surface area (Å²) in [5, 5.41) is 0. The molecule has 1 unspecified atom stereocenters. The van der Waals surface area contributed by atoms with Crippen molar-refractivity contribution in [3.63, 3.8) is 0 Å². The van der Waals surface area contributed by atoms with Gasteiger partial charge in [0.15, 0.2) is 5.75 Å². The fourth-order valence-corrected chi connectivity index (χ4v) is 1.44. The van der Waals surface area contributed by atoms with Gasteiger partial charge < -0.3 is 10.5 Å². The lowest BCUT2D eigenvalue weighted by atomic mass is 10.2. The van der Waals surface area contributed by atoms with Gasteiger partial charge in [-0.15, -0.1) is 0 Å². The summed E-state index contributed by atoms with van der Waals surface area (Å²) in [5.41, 5.74) is 7.43. The van der Waals surface area contributed by atoms with Crippen LogP contribution < -0.4 is 10.5 Å². The minimum absolute atomic E-state index is 0.275. The zero-order valence-corrected chi connectivity index (χ0v) is 7.08. The molecule has 3 heteroatoms. The largest absolute Gasteiger partial charge is 0.486 e. The Morgan fingerprint density at radius 3 is 3.25 bits per heavy atom. The van der Waals surface area contributed by atoms with Crippen LogP contribution in [-0.2, 0) is 6.42 Å². The van der Waals surface area contributed by atoms with E-state index < -0.39 is 0 Å². The number of nitrogens with zero attached hydrogens (tertiary/aromatic N) is 1. The third-order valence-corrected chi connectivity index (χ3v) is 2.17. The zero-order valence-electron chi connectivity index (χ0n) is 7.08. The second-order valence-electron chi connectivity index (χ2n) is 3.03. The van der Waals surface area contributed by atoms with E-state index in [1.54, 1.807) is 12.3 Å². The van der Waals surface area contributed by atoms with Gasteiger partial charge in [-0.05, 0) is 12.5 Å². The summed E-state index contributed by atoms with van der Waals surface area (Å²) in [6.45, 7) is 2.10. The van der Waals surface area contributed by atoms with Gasteiger partial charge >= 0.3 is 0 Å². The topological polar surface area (TPSA) is 48.1 Å². The lowest BCUT2D eigenvalue weighted by Gasteiger charge is -2.06. The monoisotopic (exact) mass is 164 g/mol. The highest BCUT2D eigenvalue weighted by atomic mass is 16.5. The van der Waals surface area contributed by atoms with Crippen LogP contribution in [0.1, 0.15) is 19.0 Å². The molecule has 3 nitrogen and oxygen atoms in total. The van der Waals surface area contributed by atoms with E-state index in [0.717, 1.165) is 24.3 Å². The Labute approximate surface area is 71.6 Å². The molecule has 0 radical (unpaired) electrons. The molecular weight excluding hydrogens is 152 g/mol. The fraction of sp³-hybridized carbons (Fsp3) is 0.444. The molecule has 1 aliphatic rings. The van der Waals surface area contributed by atoms with Crippen molar-refractivity contribution in [2.24, 2.45) is 0 Å². The Balaban J connectivity index is 2.35. The van der Waals surface area contributed by atoms with Crippen LogP contribution >= 0.6 is 0 Å². The Hall–Kier alpha value is -1.25. The van der Waals surface area contributed by atoms with Gasteiger partial charge in [-0.25, -0.2) is 0 Å². The number of ether oxygens (including phenoxy) is 1. The number of hydrogen-bond donors (Lipinski definition) is 1. The van der Waals surface area contributed by atoms with Crippen LogP contribution in [0.25, 0.3) is 0 Å². The first-order chi connectivity index (χ1) is 5.81. The van der Waals surface area contributed by atoms with Crippen molar-refractivity contribution >= 4 is 5.69 Å². The van der Waals surface area contributed by atoms with Crippen LogP contribution in [-0.4, -0.2) is 11.1 Å². The molecule has 0 aliphatic carbocycles. The summed E-state index contributed by atoms with van der Waals surface area (Å²) in [6, 6.07) is 1.77. The van der Waals surface area contributed by atoms with Crippen molar-refractivity contribution in [3.05, 3.63) is 18.0 Å². The maximum absolute atomic E-state index is 5.72. The lowest BCUT2D eigenvalue weighted by molar-refractivity contribution is 0.229. The highest BCUT2D eigenvalue weighted by Gasteiger charge is 2.23. The van der Waals surface area contributed by atoms with Crippen LogP contribution in [0.5, 0.6) is 5.75 Å². The van der Waals surface area contributed by atoms with Gasteiger partial charge in [-0.3, -0.25) is 4.98 Å². The predicted molar refractivity (Wildman–Crippen MR) is 47.1 cm³/mol. The lowest BCUT2D eigenvalue weighted by Crippen LogP contribution is -2.10. The molecule has 1 aromatic heterocycles. The molecule has 2 heterocycles. The van der Waals surface area contributed by atoms with Crippen LogP contribution in [0, 0.1) is 0 Å². The number of aromatic nitrogens is 1. The normalized spacial score (nSPS) is 20.2. The van der Waals surface area contributed by atoms with Crippen molar-refractivity contribution in [1.82, 2.24) is 4.98 Å². The van der Waals surface area contributed by atoms with Crippen molar-refractivity contribution in [2.75, 3.05) is 5.73 Å². The number of nitrogen functional groups attached to an aromatic ring is 1. The molecule has 2 N–H and O–H groups in total. The molecule has 0 saturated carbocycles. The molecule has 1 aromatic rings. The van der Waals surface area contributed by atoms with Gasteiger partial charge in [0, 0.05) is 12.6 Å². The van der Waals surface area contributed by atoms with Gasteiger partial charge in [-0.2, -0.15) is 0 Å². The molecule has 0 aromatic carbocycles. The number of fused-ring (bicyclic) bond motifs is 1. The van der Waals surface area contributed by atoms with Crippen LogP contribution in [0.2, 0.25) is 0 Å². The van der Waals surface area contributed by atoms with Gasteiger partial charge in [-0.1, -0.05) is 6.92 Å². The van der Waals surface area contributed by atoms with Gasteiger partial charge in [0.1, 0.15) is 6.10 Å². The minimum atomic E-state index is 0.275.